The van der Waals surface area contributed by atoms with E-state index in [1.165, 1.54) is 22.1 Å². The number of nitrogens with zero attached hydrogens (tertiary/aromatic N) is 1. The first-order valence-corrected chi connectivity index (χ1v) is 8.14. The summed E-state index contributed by atoms with van der Waals surface area (Å²) in [5, 5.41) is 4.72. The molecule has 1 atom stereocenters. The van der Waals surface area contributed by atoms with Crippen LogP contribution in [-0.2, 0) is 17.7 Å². The molecule has 1 aromatic heterocycles. The normalized spacial score (nSPS) is 17.1. The van der Waals surface area contributed by atoms with Crippen LogP contribution in [0.4, 0.5) is 0 Å². The predicted octanol–water partition coefficient (Wildman–Crippen LogP) is 3.64. The van der Waals surface area contributed by atoms with Crippen molar-refractivity contribution >= 4 is 10.9 Å². The van der Waals surface area contributed by atoms with Crippen LogP contribution < -0.4 is 5.32 Å². The quantitative estimate of drug-likeness (QED) is 0.799. The van der Waals surface area contributed by atoms with Crippen LogP contribution in [0.25, 0.3) is 10.9 Å². The highest BCUT2D eigenvalue weighted by atomic mass is 16.5. The molecular formula is C20H20N2O. The fourth-order valence-electron chi connectivity index (χ4n) is 3.23. The number of pyridine rings is 1. The first-order valence-electron chi connectivity index (χ1n) is 8.14. The Morgan fingerprint density at radius 1 is 1.09 bits per heavy atom. The molecule has 0 fully saturated rings. The van der Waals surface area contributed by atoms with Gasteiger partial charge in [0.25, 0.3) is 0 Å². The maximum absolute atomic E-state index is 5.94. The number of benzene rings is 2. The molecule has 0 radical (unpaired) electrons. The Morgan fingerprint density at radius 2 is 2.04 bits per heavy atom. The molecule has 0 aliphatic carbocycles. The molecule has 23 heavy (non-hydrogen) atoms. The Balaban J connectivity index is 1.42. The minimum absolute atomic E-state index is 0.155. The van der Waals surface area contributed by atoms with Crippen LogP contribution >= 0.6 is 0 Å². The van der Waals surface area contributed by atoms with Crippen LogP contribution in [0.15, 0.2) is 60.8 Å². The third-order valence-electron chi connectivity index (χ3n) is 4.42. The number of rotatable bonds is 4. The van der Waals surface area contributed by atoms with E-state index < -0.39 is 0 Å². The van der Waals surface area contributed by atoms with Gasteiger partial charge in [0.15, 0.2) is 0 Å². The van der Waals surface area contributed by atoms with Gasteiger partial charge >= 0.3 is 0 Å². The molecule has 2 aromatic carbocycles. The smallest absolute Gasteiger partial charge is 0.0952 e. The number of aromatic nitrogens is 1. The van der Waals surface area contributed by atoms with Crippen LogP contribution in [0.5, 0.6) is 0 Å². The van der Waals surface area contributed by atoms with Gasteiger partial charge in [0, 0.05) is 24.7 Å². The van der Waals surface area contributed by atoms with E-state index in [1.54, 1.807) is 0 Å². The van der Waals surface area contributed by atoms with Gasteiger partial charge in [-0.15, -0.1) is 0 Å². The Kier molecular flexibility index (Phi) is 4.05. The number of ether oxygens (including phenoxy) is 1. The van der Waals surface area contributed by atoms with E-state index in [0.717, 1.165) is 31.6 Å². The Labute approximate surface area is 136 Å². The fourth-order valence-corrected chi connectivity index (χ4v) is 3.23. The third kappa shape index (κ3) is 3.11. The molecule has 4 rings (SSSR count). The summed E-state index contributed by atoms with van der Waals surface area (Å²) >= 11 is 0. The highest BCUT2D eigenvalue weighted by molar-refractivity contribution is 5.78. The molecule has 0 saturated carbocycles. The zero-order chi connectivity index (χ0) is 15.5. The number of fused-ring (bicyclic) bond motifs is 2. The first-order chi connectivity index (χ1) is 11.4. The fraction of sp³-hybridized carbons (Fsp3) is 0.250. The van der Waals surface area contributed by atoms with E-state index in [1.807, 2.05) is 12.3 Å². The number of hydrogen-bond acceptors (Lipinski definition) is 3. The monoisotopic (exact) mass is 304 g/mol. The van der Waals surface area contributed by atoms with Crippen molar-refractivity contribution in [1.29, 1.82) is 0 Å². The molecule has 116 valence electrons. The van der Waals surface area contributed by atoms with E-state index in [4.69, 9.17) is 4.74 Å². The largest absolute Gasteiger partial charge is 0.372 e. The highest BCUT2D eigenvalue weighted by Gasteiger charge is 2.19. The molecule has 0 saturated heterocycles. The average molecular weight is 304 g/mol. The van der Waals surface area contributed by atoms with Crippen LogP contribution in [0.3, 0.4) is 0 Å². The lowest BCUT2D eigenvalue weighted by Gasteiger charge is -2.26. The van der Waals surface area contributed by atoms with Gasteiger partial charge < -0.3 is 10.1 Å². The molecule has 3 aromatic rings. The summed E-state index contributed by atoms with van der Waals surface area (Å²) in [7, 11) is 0. The summed E-state index contributed by atoms with van der Waals surface area (Å²) in [4.78, 5) is 4.36. The lowest BCUT2D eigenvalue weighted by molar-refractivity contribution is 0.0423. The maximum atomic E-state index is 5.94. The van der Waals surface area contributed by atoms with Gasteiger partial charge in [0.1, 0.15) is 0 Å². The van der Waals surface area contributed by atoms with Crippen LogP contribution in [0.1, 0.15) is 22.8 Å². The molecule has 1 N–H and O–H groups in total. The summed E-state index contributed by atoms with van der Waals surface area (Å²) in [5.74, 6) is 0. The minimum atomic E-state index is 0.155. The molecule has 2 heterocycles. The van der Waals surface area contributed by atoms with E-state index in [0.29, 0.717) is 0 Å². The van der Waals surface area contributed by atoms with Crippen molar-refractivity contribution in [1.82, 2.24) is 10.3 Å². The highest BCUT2D eigenvalue weighted by Crippen LogP contribution is 2.26. The van der Waals surface area contributed by atoms with Gasteiger partial charge in [0.2, 0.25) is 0 Å². The van der Waals surface area contributed by atoms with Crippen molar-refractivity contribution in [3.63, 3.8) is 0 Å². The van der Waals surface area contributed by atoms with Crippen molar-refractivity contribution in [3.05, 3.63) is 77.5 Å². The van der Waals surface area contributed by atoms with Gasteiger partial charge in [-0.25, -0.2) is 0 Å². The second-order valence-corrected chi connectivity index (χ2v) is 5.97. The average Bonchev–Trinajstić information content (AvgIpc) is 2.62. The lowest BCUT2D eigenvalue weighted by atomic mass is 9.97. The second-order valence-electron chi connectivity index (χ2n) is 5.97. The standard InChI is InChI=1S/C20H20N2O/c1-2-6-18-16(4-1)9-11-23-20(18)14-21-13-15-7-8-19-17(12-15)5-3-10-22-19/h1-8,10,12,20-21H,9,11,13-14H2. The SMILES string of the molecule is c1ccc2c(c1)CCOC2CNCc1ccc2ncccc2c1. The zero-order valence-electron chi connectivity index (χ0n) is 13.0. The molecule has 1 aliphatic rings. The molecule has 1 unspecified atom stereocenters. The molecule has 1 aliphatic heterocycles. The van der Waals surface area contributed by atoms with E-state index >= 15 is 0 Å². The summed E-state index contributed by atoms with van der Waals surface area (Å²) in [6.45, 7) is 2.49. The zero-order valence-corrected chi connectivity index (χ0v) is 13.0. The number of nitrogens with one attached hydrogen (secondary N) is 1. The minimum Gasteiger partial charge on any atom is -0.372 e. The first kappa shape index (κ1) is 14.4. The third-order valence-corrected chi connectivity index (χ3v) is 4.42. The van der Waals surface area contributed by atoms with E-state index in [9.17, 15) is 0 Å². The molecule has 0 bridgehead atoms. The maximum Gasteiger partial charge on any atom is 0.0952 e. The molecular weight excluding hydrogens is 284 g/mol. The van der Waals surface area contributed by atoms with Crippen molar-refractivity contribution in [2.45, 2.75) is 19.1 Å². The lowest BCUT2D eigenvalue weighted by Crippen LogP contribution is -2.27. The van der Waals surface area contributed by atoms with E-state index in [-0.39, 0.29) is 6.10 Å². The predicted molar refractivity (Wildman–Crippen MR) is 92.3 cm³/mol. The summed E-state index contributed by atoms with van der Waals surface area (Å²) < 4.78 is 5.94. The van der Waals surface area contributed by atoms with Crippen LogP contribution in [0.2, 0.25) is 0 Å². The van der Waals surface area contributed by atoms with Crippen molar-refractivity contribution in [2.75, 3.05) is 13.2 Å². The van der Waals surface area contributed by atoms with Gasteiger partial charge in [-0.05, 0) is 41.3 Å². The molecule has 3 nitrogen and oxygen atoms in total. The molecule has 3 heteroatoms. The molecule has 0 spiro atoms. The van der Waals surface area contributed by atoms with Crippen molar-refractivity contribution in [2.24, 2.45) is 0 Å². The topological polar surface area (TPSA) is 34.1 Å². The van der Waals surface area contributed by atoms with Gasteiger partial charge in [-0.3, -0.25) is 4.98 Å². The Morgan fingerprint density at radius 3 is 3.04 bits per heavy atom. The summed E-state index contributed by atoms with van der Waals surface area (Å²) in [6, 6.07) is 19.1. The van der Waals surface area contributed by atoms with Gasteiger partial charge in [-0.2, -0.15) is 0 Å². The van der Waals surface area contributed by atoms with E-state index in [2.05, 4.69) is 58.8 Å². The Hall–Kier alpha value is -2.23. The summed E-state index contributed by atoms with van der Waals surface area (Å²) in [5.41, 5.74) is 5.06. The molecule has 0 amide bonds. The number of hydrogen-bond donors (Lipinski definition) is 1. The van der Waals surface area contributed by atoms with Crippen molar-refractivity contribution < 1.29 is 4.74 Å². The summed E-state index contributed by atoms with van der Waals surface area (Å²) in [6.07, 6.45) is 3.00. The van der Waals surface area contributed by atoms with Crippen molar-refractivity contribution in [3.8, 4) is 0 Å². The van der Waals surface area contributed by atoms with Crippen LogP contribution in [0, 0.1) is 0 Å². The van der Waals surface area contributed by atoms with Gasteiger partial charge in [0.05, 0.1) is 18.2 Å². The second kappa shape index (κ2) is 6.49. The van der Waals surface area contributed by atoms with Gasteiger partial charge in [-0.1, -0.05) is 36.4 Å². The van der Waals surface area contributed by atoms with Crippen LogP contribution in [-0.4, -0.2) is 18.1 Å². The Bertz CT molecular complexity index is 815.